The lowest BCUT2D eigenvalue weighted by molar-refractivity contribution is -0.0496. The number of alkyl halides is 2. The summed E-state index contributed by atoms with van der Waals surface area (Å²) < 4.78 is 28.4. The minimum Gasteiger partial charge on any atom is -0.271 e. The van der Waals surface area contributed by atoms with Crippen LogP contribution in [0.2, 0.25) is 0 Å². The summed E-state index contributed by atoms with van der Waals surface area (Å²) in [6.45, 7) is 4.81. The van der Waals surface area contributed by atoms with Crippen LogP contribution in [0.1, 0.15) is 44.0 Å². The van der Waals surface area contributed by atoms with Gasteiger partial charge in [0.05, 0.1) is 5.69 Å². The summed E-state index contributed by atoms with van der Waals surface area (Å²) in [7, 11) is 0. The Kier molecular flexibility index (Phi) is 4.75. The first kappa shape index (κ1) is 15.4. The Bertz CT molecular complexity index is 434. The average molecular weight is 286 g/mol. The number of hydrogen-bond donors (Lipinski definition) is 2. The van der Waals surface area contributed by atoms with Crippen molar-refractivity contribution in [1.29, 1.82) is 0 Å². The number of halogens is 2. The Hall–Kier alpha value is -1.01. The third kappa shape index (κ3) is 3.55. The second-order valence-corrected chi connectivity index (χ2v) is 5.76. The first-order valence-electron chi connectivity index (χ1n) is 7.32. The van der Waals surface area contributed by atoms with Gasteiger partial charge in [-0.2, -0.15) is 5.10 Å². The second kappa shape index (κ2) is 6.18. The number of hydrogen-bond acceptors (Lipinski definition) is 3. The fraction of sp³-hybridized carbons (Fsp3) is 0.786. The predicted octanol–water partition coefficient (Wildman–Crippen LogP) is 2.41. The molecule has 1 atom stereocenters. The molecule has 3 N–H and O–H groups in total. The molecule has 1 aromatic rings. The molecule has 0 radical (unpaired) electrons. The molecule has 0 spiro atoms. The zero-order chi connectivity index (χ0) is 14.8. The van der Waals surface area contributed by atoms with Crippen LogP contribution in [0.15, 0.2) is 6.07 Å². The highest BCUT2D eigenvalue weighted by Crippen LogP contribution is 2.37. The lowest BCUT2D eigenvalue weighted by Crippen LogP contribution is -2.45. The van der Waals surface area contributed by atoms with Crippen molar-refractivity contribution in [3.63, 3.8) is 0 Å². The zero-order valence-electron chi connectivity index (χ0n) is 12.2. The molecule has 0 bridgehead atoms. The summed E-state index contributed by atoms with van der Waals surface area (Å²) in [5, 5.41) is 4.41. The molecule has 1 saturated carbocycles. The van der Waals surface area contributed by atoms with Crippen molar-refractivity contribution >= 4 is 0 Å². The molecule has 0 amide bonds. The highest BCUT2D eigenvalue weighted by molar-refractivity contribution is 5.11. The SMILES string of the molecule is CCn1nc(C)cc1CC(NN)C1CCC(F)(F)CC1. The van der Waals surface area contributed by atoms with Crippen LogP contribution in [-0.4, -0.2) is 21.7 Å². The maximum Gasteiger partial charge on any atom is 0.248 e. The van der Waals surface area contributed by atoms with Crippen molar-refractivity contribution in [3.8, 4) is 0 Å². The van der Waals surface area contributed by atoms with Crippen molar-refractivity contribution < 1.29 is 8.78 Å². The number of nitrogens with two attached hydrogens (primary N) is 1. The number of hydrazine groups is 1. The van der Waals surface area contributed by atoms with E-state index in [4.69, 9.17) is 5.84 Å². The molecule has 1 unspecified atom stereocenters. The van der Waals surface area contributed by atoms with E-state index in [2.05, 4.69) is 10.5 Å². The predicted molar refractivity (Wildman–Crippen MR) is 74.4 cm³/mol. The molecule has 6 heteroatoms. The van der Waals surface area contributed by atoms with Crippen molar-refractivity contribution in [2.75, 3.05) is 0 Å². The Balaban J connectivity index is 2.02. The Morgan fingerprint density at radius 2 is 2.15 bits per heavy atom. The monoisotopic (exact) mass is 286 g/mol. The van der Waals surface area contributed by atoms with E-state index in [0.717, 1.165) is 24.4 Å². The fourth-order valence-electron chi connectivity index (χ4n) is 3.09. The van der Waals surface area contributed by atoms with Crippen LogP contribution in [-0.2, 0) is 13.0 Å². The van der Waals surface area contributed by atoms with Crippen LogP contribution in [0.4, 0.5) is 8.78 Å². The maximum absolute atomic E-state index is 13.2. The van der Waals surface area contributed by atoms with Crippen molar-refractivity contribution in [2.45, 2.75) is 64.5 Å². The summed E-state index contributed by atoms with van der Waals surface area (Å²) in [6.07, 6.45) is 1.74. The van der Waals surface area contributed by atoms with E-state index in [0.29, 0.717) is 12.8 Å². The van der Waals surface area contributed by atoms with Crippen LogP contribution in [0.5, 0.6) is 0 Å². The van der Waals surface area contributed by atoms with Crippen LogP contribution in [0.3, 0.4) is 0 Å². The molecule has 1 fully saturated rings. The molecule has 2 rings (SSSR count). The zero-order valence-corrected chi connectivity index (χ0v) is 12.2. The van der Waals surface area contributed by atoms with Crippen molar-refractivity contribution in [3.05, 3.63) is 17.5 Å². The van der Waals surface area contributed by atoms with Crippen LogP contribution < -0.4 is 11.3 Å². The van der Waals surface area contributed by atoms with E-state index in [1.165, 1.54) is 0 Å². The average Bonchev–Trinajstić information content (AvgIpc) is 2.76. The molecule has 114 valence electrons. The quantitative estimate of drug-likeness (QED) is 0.645. The van der Waals surface area contributed by atoms with Crippen LogP contribution >= 0.6 is 0 Å². The van der Waals surface area contributed by atoms with E-state index in [9.17, 15) is 8.78 Å². The van der Waals surface area contributed by atoms with E-state index in [1.54, 1.807) is 0 Å². The Morgan fingerprint density at radius 1 is 1.50 bits per heavy atom. The van der Waals surface area contributed by atoms with E-state index in [-0.39, 0.29) is 24.8 Å². The first-order chi connectivity index (χ1) is 9.45. The lowest BCUT2D eigenvalue weighted by Gasteiger charge is -2.33. The summed E-state index contributed by atoms with van der Waals surface area (Å²) in [5.41, 5.74) is 4.92. The molecule has 20 heavy (non-hydrogen) atoms. The topological polar surface area (TPSA) is 55.9 Å². The second-order valence-electron chi connectivity index (χ2n) is 5.76. The van der Waals surface area contributed by atoms with E-state index in [1.807, 2.05) is 24.6 Å². The minimum atomic E-state index is -2.49. The Morgan fingerprint density at radius 3 is 2.70 bits per heavy atom. The summed E-state index contributed by atoms with van der Waals surface area (Å²) in [4.78, 5) is 0. The summed E-state index contributed by atoms with van der Waals surface area (Å²) in [6, 6.07) is 2.08. The molecular formula is C14H24F2N4. The van der Waals surface area contributed by atoms with Gasteiger partial charge in [-0.1, -0.05) is 0 Å². The van der Waals surface area contributed by atoms with Gasteiger partial charge < -0.3 is 0 Å². The smallest absolute Gasteiger partial charge is 0.248 e. The lowest BCUT2D eigenvalue weighted by atomic mass is 9.81. The van der Waals surface area contributed by atoms with Gasteiger partial charge in [0.25, 0.3) is 0 Å². The molecule has 1 heterocycles. The molecule has 0 aromatic carbocycles. The van der Waals surface area contributed by atoms with E-state index < -0.39 is 5.92 Å². The maximum atomic E-state index is 13.2. The standard InChI is InChI=1S/C14H24F2N4/c1-3-20-12(8-10(2)19-20)9-13(18-17)11-4-6-14(15,16)7-5-11/h8,11,13,18H,3-7,9,17H2,1-2H3. The van der Waals surface area contributed by atoms with E-state index >= 15 is 0 Å². The molecule has 1 aromatic heterocycles. The number of nitrogens with one attached hydrogen (secondary N) is 1. The van der Waals surface area contributed by atoms with Crippen molar-refractivity contribution in [2.24, 2.45) is 11.8 Å². The van der Waals surface area contributed by atoms with Gasteiger partial charge in [-0.25, -0.2) is 8.78 Å². The normalized spacial score (nSPS) is 21.1. The molecule has 4 nitrogen and oxygen atoms in total. The number of nitrogens with zero attached hydrogens (tertiary/aromatic N) is 2. The minimum absolute atomic E-state index is 0.0259. The van der Waals surface area contributed by atoms with Gasteiger partial charge in [-0.05, 0) is 38.7 Å². The third-order valence-electron chi connectivity index (χ3n) is 4.26. The van der Waals surface area contributed by atoms with Gasteiger partial charge in [-0.3, -0.25) is 16.0 Å². The van der Waals surface area contributed by atoms with Gasteiger partial charge in [0.15, 0.2) is 0 Å². The number of aromatic nitrogens is 2. The molecular weight excluding hydrogens is 262 g/mol. The largest absolute Gasteiger partial charge is 0.271 e. The summed E-state index contributed by atoms with van der Waals surface area (Å²) >= 11 is 0. The highest BCUT2D eigenvalue weighted by atomic mass is 19.3. The van der Waals surface area contributed by atoms with Gasteiger partial charge in [-0.15, -0.1) is 0 Å². The first-order valence-corrected chi connectivity index (χ1v) is 7.32. The molecule has 1 aliphatic carbocycles. The molecule has 1 aliphatic rings. The Labute approximate surface area is 118 Å². The van der Waals surface area contributed by atoms with Gasteiger partial charge in [0.1, 0.15) is 0 Å². The van der Waals surface area contributed by atoms with Crippen LogP contribution in [0, 0.1) is 12.8 Å². The van der Waals surface area contributed by atoms with Gasteiger partial charge >= 0.3 is 0 Å². The highest BCUT2D eigenvalue weighted by Gasteiger charge is 2.37. The summed E-state index contributed by atoms with van der Waals surface area (Å²) in [5.74, 6) is 3.37. The third-order valence-corrected chi connectivity index (χ3v) is 4.26. The molecule has 0 aliphatic heterocycles. The van der Waals surface area contributed by atoms with Gasteiger partial charge in [0, 0.05) is 37.5 Å². The molecule has 0 saturated heterocycles. The van der Waals surface area contributed by atoms with Crippen molar-refractivity contribution in [1.82, 2.24) is 15.2 Å². The van der Waals surface area contributed by atoms with Crippen LogP contribution in [0.25, 0.3) is 0 Å². The number of rotatable bonds is 5. The van der Waals surface area contributed by atoms with Gasteiger partial charge in [0.2, 0.25) is 5.92 Å². The fourth-order valence-corrected chi connectivity index (χ4v) is 3.09. The number of aryl methyl sites for hydroxylation is 2.